The van der Waals surface area contributed by atoms with E-state index < -0.39 is 10.2 Å². The van der Waals surface area contributed by atoms with Crippen molar-refractivity contribution in [2.75, 3.05) is 46.9 Å². The Kier molecular flexibility index (Phi) is 5.83. The molecule has 140 valence electrons. The van der Waals surface area contributed by atoms with Gasteiger partial charge >= 0.3 is 0 Å². The van der Waals surface area contributed by atoms with Crippen molar-refractivity contribution < 1.29 is 17.9 Å². The van der Waals surface area contributed by atoms with Gasteiger partial charge in [-0.25, -0.2) is 4.72 Å². The van der Waals surface area contributed by atoms with Crippen LogP contribution >= 0.6 is 0 Å². The smallest absolute Gasteiger partial charge is 0.278 e. The van der Waals surface area contributed by atoms with Crippen LogP contribution in [-0.4, -0.2) is 64.6 Å². The first kappa shape index (κ1) is 18.4. The predicted octanol–water partition coefficient (Wildman–Crippen LogP) is 1.07. The Hall–Kier alpha value is -1.35. The maximum Gasteiger partial charge on any atom is 0.278 e. The van der Waals surface area contributed by atoms with Gasteiger partial charge in [0.15, 0.2) is 11.5 Å². The summed E-state index contributed by atoms with van der Waals surface area (Å²) in [6.45, 7) is 4.44. The van der Waals surface area contributed by atoms with Gasteiger partial charge in [-0.1, -0.05) is 6.07 Å². The highest BCUT2D eigenvalue weighted by molar-refractivity contribution is 7.87. The molecule has 0 saturated carbocycles. The molecule has 7 nitrogen and oxygen atoms in total. The number of nitrogens with one attached hydrogen (secondary N) is 1. The zero-order valence-electron chi connectivity index (χ0n) is 14.9. The number of benzene rings is 1. The van der Waals surface area contributed by atoms with Crippen molar-refractivity contribution in [2.24, 2.45) is 5.92 Å². The van der Waals surface area contributed by atoms with Gasteiger partial charge in [0, 0.05) is 33.7 Å². The highest BCUT2D eigenvalue weighted by Crippen LogP contribution is 2.31. The molecule has 2 heterocycles. The molecule has 0 unspecified atom stereocenters. The molecule has 1 atom stereocenters. The van der Waals surface area contributed by atoms with Crippen LogP contribution in [0.2, 0.25) is 0 Å². The van der Waals surface area contributed by atoms with E-state index in [2.05, 4.69) is 15.7 Å². The van der Waals surface area contributed by atoms with Gasteiger partial charge < -0.3 is 9.47 Å². The molecule has 3 rings (SSSR count). The Morgan fingerprint density at radius 2 is 2.00 bits per heavy atom. The molecule has 1 aromatic carbocycles. The van der Waals surface area contributed by atoms with Gasteiger partial charge in [-0.2, -0.15) is 12.7 Å². The zero-order chi connectivity index (χ0) is 17.9. The summed E-state index contributed by atoms with van der Waals surface area (Å²) in [5.41, 5.74) is 1.19. The van der Waals surface area contributed by atoms with Crippen molar-refractivity contribution in [2.45, 2.75) is 19.4 Å². The minimum atomic E-state index is -3.35. The lowest BCUT2D eigenvalue weighted by Crippen LogP contribution is -2.43. The van der Waals surface area contributed by atoms with Crippen molar-refractivity contribution in [3.05, 3.63) is 23.8 Å². The third kappa shape index (κ3) is 4.84. The van der Waals surface area contributed by atoms with Gasteiger partial charge in [-0.15, -0.1) is 0 Å². The average molecular weight is 369 g/mol. The van der Waals surface area contributed by atoms with Crippen LogP contribution in [0.4, 0.5) is 0 Å². The molecule has 8 heteroatoms. The molecule has 1 fully saturated rings. The molecule has 0 aromatic heterocycles. The van der Waals surface area contributed by atoms with Crippen LogP contribution in [0.3, 0.4) is 0 Å². The molecule has 1 saturated heterocycles. The van der Waals surface area contributed by atoms with Crippen molar-refractivity contribution >= 4 is 10.2 Å². The lowest BCUT2D eigenvalue weighted by atomic mass is 9.98. The van der Waals surface area contributed by atoms with Crippen LogP contribution in [-0.2, 0) is 16.8 Å². The van der Waals surface area contributed by atoms with Crippen molar-refractivity contribution in [1.29, 1.82) is 0 Å². The number of hydrogen-bond donors (Lipinski definition) is 1. The molecule has 1 N–H and O–H groups in total. The van der Waals surface area contributed by atoms with Crippen molar-refractivity contribution in [3.8, 4) is 11.5 Å². The van der Waals surface area contributed by atoms with E-state index in [4.69, 9.17) is 9.47 Å². The third-order valence-electron chi connectivity index (χ3n) is 4.65. The molecule has 25 heavy (non-hydrogen) atoms. The maximum absolute atomic E-state index is 11.9. The molecule has 1 aromatic rings. The second-order valence-electron chi connectivity index (χ2n) is 6.86. The molecular weight excluding hydrogens is 342 g/mol. The molecular formula is C17H27N3O4S. The van der Waals surface area contributed by atoms with E-state index in [0.717, 1.165) is 44.0 Å². The van der Waals surface area contributed by atoms with E-state index in [-0.39, 0.29) is 0 Å². The van der Waals surface area contributed by atoms with Crippen LogP contribution < -0.4 is 14.2 Å². The number of rotatable bonds is 6. The fourth-order valence-corrected chi connectivity index (χ4v) is 3.96. The Morgan fingerprint density at radius 3 is 2.76 bits per heavy atom. The molecule has 0 aliphatic carbocycles. The molecule has 0 spiro atoms. The number of piperidine rings is 1. The van der Waals surface area contributed by atoms with Crippen LogP contribution in [0.5, 0.6) is 11.5 Å². The van der Waals surface area contributed by atoms with Crippen molar-refractivity contribution in [1.82, 2.24) is 13.9 Å². The lowest BCUT2D eigenvalue weighted by Gasteiger charge is -2.33. The van der Waals surface area contributed by atoms with Gasteiger partial charge in [0.25, 0.3) is 10.2 Å². The number of ether oxygens (including phenoxy) is 2. The van der Waals surface area contributed by atoms with Crippen LogP contribution in [0.25, 0.3) is 0 Å². The second-order valence-corrected chi connectivity index (χ2v) is 8.83. The SMILES string of the molecule is CN(C)S(=O)(=O)NC[C@@H]1CCCN(Cc2ccc3c(c2)OCCO3)C1. The third-order valence-corrected chi connectivity index (χ3v) is 6.14. The Bertz CT molecular complexity index is 693. The summed E-state index contributed by atoms with van der Waals surface area (Å²) < 4.78 is 38.8. The van der Waals surface area contributed by atoms with Crippen LogP contribution in [0.15, 0.2) is 18.2 Å². The highest BCUT2D eigenvalue weighted by atomic mass is 32.2. The Labute approximate surface area is 150 Å². The zero-order valence-corrected chi connectivity index (χ0v) is 15.7. The predicted molar refractivity (Wildman–Crippen MR) is 96.0 cm³/mol. The summed E-state index contributed by atoms with van der Waals surface area (Å²) in [6.07, 6.45) is 2.13. The van der Waals surface area contributed by atoms with E-state index in [1.807, 2.05) is 12.1 Å². The minimum absolute atomic E-state index is 0.334. The summed E-state index contributed by atoms with van der Waals surface area (Å²) in [6, 6.07) is 6.09. The van der Waals surface area contributed by atoms with E-state index in [0.29, 0.717) is 25.7 Å². The Balaban J connectivity index is 1.55. The topological polar surface area (TPSA) is 71.1 Å². The number of likely N-dealkylation sites (tertiary alicyclic amines) is 1. The number of hydrogen-bond acceptors (Lipinski definition) is 5. The largest absolute Gasteiger partial charge is 0.486 e. The first-order valence-electron chi connectivity index (χ1n) is 8.72. The van der Waals surface area contributed by atoms with E-state index in [9.17, 15) is 8.42 Å². The first-order valence-corrected chi connectivity index (χ1v) is 10.2. The van der Waals surface area contributed by atoms with Crippen LogP contribution in [0, 0.1) is 5.92 Å². The molecule has 0 amide bonds. The normalized spacial score (nSPS) is 21.5. The lowest BCUT2D eigenvalue weighted by molar-refractivity contribution is 0.164. The first-order chi connectivity index (χ1) is 11.9. The standard InChI is InChI=1S/C17H27N3O4S/c1-19(2)25(21,22)18-11-15-4-3-7-20(13-15)12-14-5-6-16-17(10-14)24-9-8-23-16/h5-6,10,15,18H,3-4,7-9,11-13H2,1-2H3/t15-/m0/s1. The van der Waals surface area contributed by atoms with Gasteiger partial charge in [0.05, 0.1) is 0 Å². The highest BCUT2D eigenvalue weighted by Gasteiger charge is 2.23. The van der Waals surface area contributed by atoms with E-state index in [1.165, 1.54) is 24.0 Å². The maximum atomic E-state index is 11.9. The van der Waals surface area contributed by atoms with Gasteiger partial charge in [-0.05, 0) is 43.0 Å². The van der Waals surface area contributed by atoms with E-state index >= 15 is 0 Å². The molecule has 2 aliphatic heterocycles. The van der Waals surface area contributed by atoms with Gasteiger partial charge in [0.1, 0.15) is 13.2 Å². The fraction of sp³-hybridized carbons (Fsp3) is 0.647. The summed E-state index contributed by atoms with van der Waals surface area (Å²) >= 11 is 0. The number of nitrogens with zero attached hydrogens (tertiary/aromatic N) is 2. The quantitative estimate of drug-likeness (QED) is 0.812. The fourth-order valence-electron chi connectivity index (χ4n) is 3.26. The molecule has 0 bridgehead atoms. The minimum Gasteiger partial charge on any atom is -0.486 e. The Morgan fingerprint density at radius 1 is 1.24 bits per heavy atom. The summed E-state index contributed by atoms with van der Waals surface area (Å²) in [5, 5.41) is 0. The molecule has 0 radical (unpaired) electrons. The molecule has 2 aliphatic rings. The summed E-state index contributed by atoms with van der Waals surface area (Å²) in [4.78, 5) is 2.38. The van der Waals surface area contributed by atoms with Gasteiger partial charge in [0.2, 0.25) is 0 Å². The number of fused-ring (bicyclic) bond motifs is 1. The van der Waals surface area contributed by atoms with Gasteiger partial charge in [-0.3, -0.25) is 4.90 Å². The monoisotopic (exact) mass is 369 g/mol. The second kappa shape index (κ2) is 7.90. The summed E-state index contributed by atoms with van der Waals surface area (Å²) in [5.74, 6) is 1.96. The van der Waals surface area contributed by atoms with Crippen LogP contribution in [0.1, 0.15) is 18.4 Å². The van der Waals surface area contributed by atoms with E-state index in [1.54, 1.807) is 0 Å². The summed E-state index contributed by atoms with van der Waals surface area (Å²) in [7, 11) is -0.272. The average Bonchev–Trinajstić information content (AvgIpc) is 2.60. The van der Waals surface area contributed by atoms with Crippen molar-refractivity contribution in [3.63, 3.8) is 0 Å².